The van der Waals surface area contributed by atoms with Gasteiger partial charge in [-0.2, -0.15) is 0 Å². The van der Waals surface area contributed by atoms with Crippen LogP contribution in [-0.4, -0.2) is 42.6 Å². The third kappa shape index (κ3) is 3.35. The summed E-state index contributed by atoms with van der Waals surface area (Å²) < 4.78 is 25.6. The summed E-state index contributed by atoms with van der Waals surface area (Å²) in [6.45, 7) is 0.484. The monoisotopic (exact) mass is 373 g/mol. The molecular formula is C19H24N3O3P. The fourth-order valence-corrected chi connectivity index (χ4v) is 5.49. The maximum Gasteiger partial charge on any atom is 0.320 e. The molecule has 2 atom stereocenters. The molecule has 2 aromatic rings. The number of guanidine groups is 1. The fourth-order valence-electron chi connectivity index (χ4n) is 3.24. The molecule has 3 rings (SSSR count). The molecule has 0 bridgehead atoms. The van der Waals surface area contributed by atoms with Gasteiger partial charge in [-0.3, -0.25) is 14.6 Å². The average Bonchev–Trinajstić information content (AvgIpc) is 2.85. The maximum absolute atomic E-state index is 13.5. The summed E-state index contributed by atoms with van der Waals surface area (Å²) in [6, 6.07) is 17.6. The molecule has 0 amide bonds. The number of benzene rings is 2. The normalized spacial score (nSPS) is 22.7. The molecule has 0 aliphatic carbocycles. The second-order valence-corrected chi connectivity index (χ2v) is 8.93. The largest absolute Gasteiger partial charge is 0.497 e. The van der Waals surface area contributed by atoms with E-state index in [-0.39, 0.29) is 5.96 Å². The molecule has 6 nitrogen and oxygen atoms in total. The van der Waals surface area contributed by atoms with Crippen LogP contribution in [0.3, 0.4) is 0 Å². The van der Waals surface area contributed by atoms with E-state index in [4.69, 9.17) is 14.7 Å². The predicted octanol–water partition coefficient (Wildman–Crippen LogP) is 3.79. The Bertz CT molecular complexity index is 811. The number of methoxy groups -OCH3 is 1. The molecule has 26 heavy (non-hydrogen) atoms. The van der Waals surface area contributed by atoms with Crippen molar-refractivity contribution in [3.63, 3.8) is 0 Å². The van der Waals surface area contributed by atoms with Crippen molar-refractivity contribution in [3.8, 4) is 5.75 Å². The second-order valence-electron chi connectivity index (χ2n) is 6.24. The standard InChI is InChI=1S/C19H24N3O3P/c1-21-19(20)22(14-16-9-11-17(24-2)12-10-16)18(26(21,23)25-3)13-15-7-5-4-6-8-15/h4-12,18,20H,13-14H2,1-3H3. The molecule has 1 fully saturated rings. The first-order chi connectivity index (χ1) is 12.5. The topological polar surface area (TPSA) is 65.9 Å². The van der Waals surface area contributed by atoms with Crippen molar-refractivity contribution in [3.05, 3.63) is 65.7 Å². The van der Waals surface area contributed by atoms with Crippen LogP contribution in [0, 0.1) is 5.41 Å². The first kappa shape index (κ1) is 18.5. The predicted molar refractivity (Wildman–Crippen MR) is 103 cm³/mol. The van der Waals surface area contributed by atoms with Crippen molar-refractivity contribution in [2.24, 2.45) is 0 Å². The van der Waals surface area contributed by atoms with Gasteiger partial charge in [0.2, 0.25) is 5.96 Å². The van der Waals surface area contributed by atoms with Gasteiger partial charge >= 0.3 is 7.52 Å². The minimum absolute atomic E-state index is 0.215. The highest BCUT2D eigenvalue weighted by molar-refractivity contribution is 7.58. The van der Waals surface area contributed by atoms with E-state index in [1.807, 2.05) is 59.5 Å². The Hall–Kier alpha value is -2.30. The summed E-state index contributed by atoms with van der Waals surface area (Å²) in [5.74, 6) is 0.590. The lowest BCUT2D eigenvalue weighted by molar-refractivity contribution is 0.327. The summed E-state index contributed by atoms with van der Waals surface area (Å²) >= 11 is 0. The number of rotatable bonds is 6. The van der Waals surface area contributed by atoms with Crippen LogP contribution in [0.25, 0.3) is 0 Å². The van der Waals surface area contributed by atoms with Crippen molar-refractivity contribution >= 4 is 13.5 Å². The smallest absolute Gasteiger partial charge is 0.320 e. The highest BCUT2D eigenvalue weighted by Gasteiger charge is 2.51. The Morgan fingerprint density at radius 3 is 2.27 bits per heavy atom. The number of hydrogen-bond acceptors (Lipinski definition) is 4. The minimum atomic E-state index is -3.17. The molecule has 0 aromatic heterocycles. The van der Waals surface area contributed by atoms with Crippen molar-refractivity contribution in [2.45, 2.75) is 18.7 Å². The van der Waals surface area contributed by atoms with E-state index in [0.717, 1.165) is 16.9 Å². The van der Waals surface area contributed by atoms with Crippen LogP contribution in [0.5, 0.6) is 5.75 Å². The van der Waals surface area contributed by atoms with Gasteiger partial charge in [0.05, 0.1) is 7.11 Å². The zero-order valence-electron chi connectivity index (χ0n) is 15.3. The van der Waals surface area contributed by atoms with Crippen LogP contribution in [0.1, 0.15) is 11.1 Å². The molecule has 1 saturated heterocycles. The molecule has 0 radical (unpaired) electrons. The lowest BCUT2D eigenvalue weighted by Crippen LogP contribution is -2.35. The molecule has 1 N–H and O–H groups in total. The van der Waals surface area contributed by atoms with Gasteiger partial charge in [-0.1, -0.05) is 42.5 Å². The van der Waals surface area contributed by atoms with Crippen molar-refractivity contribution in [2.75, 3.05) is 21.3 Å². The Balaban J connectivity index is 1.91. The van der Waals surface area contributed by atoms with Gasteiger partial charge in [0.15, 0.2) is 0 Å². The number of nitrogens with zero attached hydrogens (tertiary/aromatic N) is 2. The summed E-state index contributed by atoms with van der Waals surface area (Å²) in [4.78, 5) is 1.86. The Kier molecular flexibility index (Phi) is 5.35. The summed E-state index contributed by atoms with van der Waals surface area (Å²) in [7, 11) is 1.58. The Labute approximate surface area is 154 Å². The van der Waals surface area contributed by atoms with Gasteiger partial charge in [-0.25, -0.2) is 0 Å². The number of nitrogens with one attached hydrogen (secondary N) is 1. The van der Waals surface area contributed by atoms with E-state index in [0.29, 0.717) is 13.0 Å². The first-order valence-corrected chi connectivity index (χ1v) is 10.1. The van der Waals surface area contributed by atoms with Crippen molar-refractivity contribution in [1.82, 2.24) is 9.57 Å². The minimum Gasteiger partial charge on any atom is -0.497 e. The molecule has 1 aliphatic heterocycles. The van der Waals surface area contributed by atoms with Crippen LogP contribution in [0.2, 0.25) is 0 Å². The van der Waals surface area contributed by atoms with Gasteiger partial charge in [0.25, 0.3) is 0 Å². The van der Waals surface area contributed by atoms with E-state index in [9.17, 15) is 4.57 Å². The molecule has 1 aliphatic rings. The Morgan fingerprint density at radius 2 is 1.69 bits per heavy atom. The quantitative estimate of drug-likeness (QED) is 0.781. The maximum atomic E-state index is 13.5. The van der Waals surface area contributed by atoms with Crippen LogP contribution in [0.15, 0.2) is 54.6 Å². The second kappa shape index (κ2) is 7.52. The van der Waals surface area contributed by atoms with Crippen LogP contribution in [0.4, 0.5) is 0 Å². The van der Waals surface area contributed by atoms with Crippen molar-refractivity contribution < 1.29 is 13.8 Å². The van der Waals surface area contributed by atoms with Crippen molar-refractivity contribution in [1.29, 1.82) is 5.41 Å². The van der Waals surface area contributed by atoms with E-state index < -0.39 is 13.3 Å². The summed E-state index contributed by atoms with van der Waals surface area (Å²) in [5.41, 5.74) is 2.09. The van der Waals surface area contributed by atoms with Gasteiger partial charge in [-0.05, 0) is 23.3 Å². The van der Waals surface area contributed by atoms with Crippen LogP contribution < -0.4 is 4.74 Å². The van der Waals surface area contributed by atoms with E-state index >= 15 is 0 Å². The van der Waals surface area contributed by atoms with E-state index in [2.05, 4.69) is 0 Å². The van der Waals surface area contributed by atoms with E-state index in [1.165, 1.54) is 11.8 Å². The zero-order valence-corrected chi connectivity index (χ0v) is 16.1. The fraction of sp³-hybridized carbons (Fsp3) is 0.316. The average molecular weight is 373 g/mol. The SMILES string of the molecule is COc1ccc(CN2C(=N)N(C)P(=O)(OC)C2Cc2ccccc2)cc1. The molecule has 2 unspecified atom stereocenters. The summed E-state index contributed by atoms with van der Waals surface area (Å²) in [6.07, 6.45) is 0.550. The molecule has 7 heteroatoms. The number of hydrogen-bond donors (Lipinski definition) is 1. The summed E-state index contributed by atoms with van der Waals surface area (Å²) in [5, 5.41) is 8.47. The number of ether oxygens (including phenoxy) is 1. The molecule has 2 aromatic carbocycles. The Morgan fingerprint density at radius 1 is 1.04 bits per heavy atom. The molecule has 0 spiro atoms. The van der Waals surface area contributed by atoms with E-state index in [1.54, 1.807) is 14.2 Å². The van der Waals surface area contributed by atoms with Crippen LogP contribution in [-0.2, 0) is 22.1 Å². The van der Waals surface area contributed by atoms with Gasteiger partial charge < -0.3 is 14.2 Å². The molecular weight excluding hydrogens is 349 g/mol. The third-order valence-corrected chi connectivity index (χ3v) is 7.53. The van der Waals surface area contributed by atoms with Crippen LogP contribution >= 0.6 is 7.52 Å². The van der Waals surface area contributed by atoms with Gasteiger partial charge in [-0.15, -0.1) is 0 Å². The molecule has 0 saturated carbocycles. The van der Waals surface area contributed by atoms with Gasteiger partial charge in [0, 0.05) is 27.1 Å². The van der Waals surface area contributed by atoms with Gasteiger partial charge in [0.1, 0.15) is 11.5 Å². The highest BCUT2D eigenvalue weighted by Crippen LogP contribution is 2.60. The molecule has 1 heterocycles. The lowest BCUT2D eigenvalue weighted by atomic mass is 10.1. The first-order valence-electron chi connectivity index (χ1n) is 8.41. The zero-order chi connectivity index (χ0) is 18.7. The molecule has 138 valence electrons. The third-order valence-electron chi connectivity index (χ3n) is 4.77. The lowest BCUT2D eigenvalue weighted by Gasteiger charge is -2.26. The highest BCUT2D eigenvalue weighted by atomic mass is 31.2.